The van der Waals surface area contributed by atoms with Crippen molar-refractivity contribution < 1.29 is 4.79 Å². The minimum atomic E-state index is 0.113. The summed E-state index contributed by atoms with van der Waals surface area (Å²) in [7, 11) is 0. The number of nitrogens with zero attached hydrogens (tertiary/aromatic N) is 1. The zero-order valence-electron chi connectivity index (χ0n) is 11.7. The molecule has 1 aromatic carbocycles. The van der Waals surface area contributed by atoms with E-state index >= 15 is 0 Å². The first-order valence-electron chi connectivity index (χ1n) is 6.78. The van der Waals surface area contributed by atoms with Gasteiger partial charge in [-0.15, -0.1) is 0 Å². The van der Waals surface area contributed by atoms with E-state index in [1.807, 2.05) is 24.0 Å². The highest BCUT2D eigenvalue weighted by molar-refractivity contribution is 9.10. The molecule has 4 heteroatoms. The van der Waals surface area contributed by atoms with Gasteiger partial charge in [0.15, 0.2) is 0 Å². The number of hydrogen-bond donors (Lipinski definition) is 1. The highest BCUT2D eigenvalue weighted by Crippen LogP contribution is 2.29. The van der Waals surface area contributed by atoms with E-state index in [0.717, 1.165) is 35.0 Å². The zero-order valence-corrected chi connectivity index (χ0v) is 13.3. The quantitative estimate of drug-likeness (QED) is 0.845. The molecule has 1 atom stereocenters. The van der Waals surface area contributed by atoms with Crippen molar-refractivity contribution in [1.82, 2.24) is 4.90 Å². The molecule has 0 saturated carbocycles. The second-order valence-electron chi connectivity index (χ2n) is 5.62. The molecular formula is C15H21BrN2O. The number of benzene rings is 1. The van der Waals surface area contributed by atoms with Crippen LogP contribution in [0.25, 0.3) is 0 Å². The molecule has 19 heavy (non-hydrogen) atoms. The van der Waals surface area contributed by atoms with Gasteiger partial charge in [-0.3, -0.25) is 4.79 Å². The van der Waals surface area contributed by atoms with Crippen molar-refractivity contribution >= 4 is 27.5 Å². The van der Waals surface area contributed by atoms with Crippen molar-refractivity contribution in [3.63, 3.8) is 0 Å². The number of nitrogen functional groups attached to an aromatic ring is 1. The van der Waals surface area contributed by atoms with Crippen LogP contribution in [-0.4, -0.2) is 23.4 Å². The Morgan fingerprint density at radius 2 is 2.16 bits per heavy atom. The van der Waals surface area contributed by atoms with Crippen molar-refractivity contribution in [3.8, 4) is 0 Å². The normalized spacial score (nSPS) is 19.2. The number of hydrogen-bond acceptors (Lipinski definition) is 2. The van der Waals surface area contributed by atoms with Crippen LogP contribution in [0.15, 0.2) is 16.6 Å². The van der Waals surface area contributed by atoms with E-state index in [-0.39, 0.29) is 5.91 Å². The molecule has 2 N–H and O–H groups in total. The van der Waals surface area contributed by atoms with Crippen LogP contribution in [-0.2, 0) is 0 Å². The fourth-order valence-corrected chi connectivity index (χ4v) is 3.29. The Hall–Kier alpha value is -1.03. The van der Waals surface area contributed by atoms with Crippen LogP contribution < -0.4 is 5.73 Å². The van der Waals surface area contributed by atoms with E-state index in [1.165, 1.54) is 0 Å². The maximum absolute atomic E-state index is 12.7. The molecular weight excluding hydrogens is 304 g/mol. The summed E-state index contributed by atoms with van der Waals surface area (Å²) >= 11 is 3.42. The Labute approximate surface area is 123 Å². The van der Waals surface area contributed by atoms with E-state index in [1.54, 1.807) is 0 Å². The van der Waals surface area contributed by atoms with Gasteiger partial charge >= 0.3 is 0 Å². The number of likely N-dealkylation sites (tertiary alicyclic amines) is 1. The zero-order chi connectivity index (χ0) is 14.2. The molecule has 1 amide bonds. The third-order valence-corrected chi connectivity index (χ3v) is 4.43. The van der Waals surface area contributed by atoms with Gasteiger partial charge in [0.05, 0.1) is 0 Å². The van der Waals surface area contributed by atoms with Gasteiger partial charge in [-0.2, -0.15) is 0 Å². The number of halogens is 1. The van der Waals surface area contributed by atoms with Gasteiger partial charge in [0.2, 0.25) is 0 Å². The van der Waals surface area contributed by atoms with Gasteiger partial charge in [0.25, 0.3) is 5.91 Å². The number of nitrogens with two attached hydrogens (primary N) is 1. The molecule has 2 rings (SSSR count). The van der Waals surface area contributed by atoms with Gasteiger partial charge in [-0.25, -0.2) is 0 Å². The Bertz CT molecular complexity index is 499. The minimum absolute atomic E-state index is 0.113. The fourth-order valence-electron chi connectivity index (χ4n) is 2.81. The SMILES string of the molecule is Cc1c(N)cc(Br)cc1C(=O)N1CCCC1C(C)C. The van der Waals surface area contributed by atoms with Gasteiger partial charge < -0.3 is 10.6 Å². The minimum Gasteiger partial charge on any atom is -0.398 e. The van der Waals surface area contributed by atoms with Crippen LogP contribution in [0.4, 0.5) is 5.69 Å². The van der Waals surface area contributed by atoms with Crippen molar-refractivity contribution in [2.75, 3.05) is 12.3 Å². The molecule has 3 nitrogen and oxygen atoms in total. The summed E-state index contributed by atoms with van der Waals surface area (Å²) in [6, 6.07) is 4.08. The van der Waals surface area contributed by atoms with E-state index in [2.05, 4.69) is 29.8 Å². The van der Waals surface area contributed by atoms with Crippen molar-refractivity contribution in [2.45, 2.75) is 39.7 Å². The van der Waals surface area contributed by atoms with Crippen LogP contribution in [0.3, 0.4) is 0 Å². The smallest absolute Gasteiger partial charge is 0.254 e. The first-order chi connectivity index (χ1) is 8.91. The summed E-state index contributed by atoms with van der Waals surface area (Å²) in [6.45, 7) is 7.12. The van der Waals surface area contributed by atoms with Crippen LogP contribution in [0, 0.1) is 12.8 Å². The number of carbonyl (C=O) groups is 1. The molecule has 1 unspecified atom stereocenters. The monoisotopic (exact) mass is 324 g/mol. The van der Waals surface area contributed by atoms with E-state index < -0.39 is 0 Å². The lowest BCUT2D eigenvalue weighted by Gasteiger charge is -2.28. The predicted molar refractivity (Wildman–Crippen MR) is 82.2 cm³/mol. The Balaban J connectivity index is 2.34. The average Bonchev–Trinajstić information content (AvgIpc) is 2.82. The van der Waals surface area contributed by atoms with E-state index in [4.69, 9.17) is 5.73 Å². The molecule has 1 saturated heterocycles. The maximum atomic E-state index is 12.7. The lowest BCUT2D eigenvalue weighted by molar-refractivity contribution is 0.0701. The largest absolute Gasteiger partial charge is 0.398 e. The Morgan fingerprint density at radius 1 is 1.47 bits per heavy atom. The topological polar surface area (TPSA) is 46.3 Å². The molecule has 104 valence electrons. The highest BCUT2D eigenvalue weighted by Gasteiger charge is 2.32. The second-order valence-corrected chi connectivity index (χ2v) is 6.54. The van der Waals surface area contributed by atoms with Gasteiger partial charge in [0, 0.05) is 28.3 Å². The molecule has 1 aliphatic rings. The van der Waals surface area contributed by atoms with Crippen LogP contribution in [0.5, 0.6) is 0 Å². The summed E-state index contributed by atoms with van der Waals surface area (Å²) in [5, 5.41) is 0. The fraction of sp³-hybridized carbons (Fsp3) is 0.533. The number of anilines is 1. The molecule has 1 fully saturated rings. The van der Waals surface area contributed by atoms with Crippen molar-refractivity contribution in [2.24, 2.45) is 5.92 Å². The molecule has 0 aromatic heterocycles. The lowest BCUT2D eigenvalue weighted by atomic mass is 10.00. The summed E-state index contributed by atoms with van der Waals surface area (Å²) in [5.74, 6) is 0.609. The maximum Gasteiger partial charge on any atom is 0.254 e. The number of carbonyl (C=O) groups excluding carboxylic acids is 1. The molecule has 1 aromatic rings. The van der Waals surface area contributed by atoms with Crippen molar-refractivity contribution in [3.05, 3.63) is 27.7 Å². The average molecular weight is 325 g/mol. The molecule has 0 bridgehead atoms. The molecule has 1 heterocycles. The van der Waals surface area contributed by atoms with Crippen LogP contribution in [0.1, 0.15) is 42.6 Å². The third-order valence-electron chi connectivity index (χ3n) is 3.97. The Kier molecular flexibility index (Phi) is 4.19. The molecule has 0 spiro atoms. The van der Waals surface area contributed by atoms with Crippen LogP contribution in [0.2, 0.25) is 0 Å². The molecule has 1 aliphatic heterocycles. The molecule has 0 radical (unpaired) electrons. The van der Waals surface area contributed by atoms with Crippen molar-refractivity contribution in [1.29, 1.82) is 0 Å². The molecule has 0 aliphatic carbocycles. The Morgan fingerprint density at radius 3 is 2.79 bits per heavy atom. The predicted octanol–water partition coefficient (Wildman–Crippen LogP) is 3.60. The summed E-state index contributed by atoms with van der Waals surface area (Å²) in [6.07, 6.45) is 2.20. The van der Waals surface area contributed by atoms with Gasteiger partial charge in [0.1, 0.15) is 0 Å². The summed E-state index contributed by atoms with van der Waals surface area (Å²) in [4.78, 5) is 14.7. The number of rotatable bonds is 2. The van der Waals surface area contributed by atoms with E-state index in [0.29, 0.717) is 17.6 Å². The number of amides is 1. The standard InChI is InChI=1S/C15H21BrN2O/c1-9(2)14-5-4-6-18(14)15(19)12-7-11(16)8-13(17)10(12)3/h7-9,14H,4-6,17H2,1-3H3. The highest BCUT2D eigenvalue weighted by atomic mass is 79.9. The first kappa shape index (κ1) is 14.4. The van der Waals surface area contributed by atoms with Crippen LogP contribution >= 0.6 is 15.9 Å². The summed E-state index contributed by atoms with van der Waals surface area (Å²) < 4.78 is 0.860. The van der Waals surface area contributed by atoms with E-state index in [9.17, 15) is 4.79 Å². The first-order valence-corrected chi connectivity index (χ1v) is 7.57. The van der Waals surface area contributed by atoms with Gasteiger partial charge in [-0.1, -0.05) is 29.8 Å². The van der Waals surface area contributed by atoms with Gasteiger partial charge in [-0.05, 0) is 43.4 Å². The lowest BCUT2D eigenvalue weighted by Crippen LogP contribution is -2.38. The third kappa shape index (κ3) is 2.78. The second kappa shape index (κ2) is 5.53. The summed E-state index contributed by atoms with van der Waals surface area (Å²) in [5.41, 5.74) is 8.22.